The first-order valence-electron chi connectivity index (χ1n) is 9.79. The third kappa shape index (κ3) is 6.59. The van der Waals surface area contributed by atoms with Crippen LogP contribution in [0.4, 0.5) is 5.69 Å². The van der Waals surface area contributed by atoms with Crippen LogP contribution in [-0.2, 0) is 11.3 Å². The van der Waals surface area contributed by atoms with Gasteiger partial charge in [-0.1, -0.05) is 64.1 Å². The second-order valence-corrected chi connectivity index (χ2v) is 9.04. The number of non-ortho nitro benzene ring substituents is 1. The standard InChI is InChI=1S/C22H21BrN6O3S/c1-14(2)12-28-21(16-7-9-18(23)10-8-16)26-27-22(28)33-13-20(30)25-24-15(3)17-5-4-6-19(11-17)29(31)32/h4-11H,1,12-13H2,2-3H3,(H,25,30)/b24-15+. The summed E-state index contributed by atoms with van der Waals surface area (Å²) in [6, 6.07) is 13.8. The van der Waals surface area contributed by atoms with E-state index in [4.69, 9.17) is 0 Å². The third-order valence-electron chi connectivity index (χ3n) is 4.40. The second kappa shape index (κ2) is 11.0. The van der Waals surface area contributed by atoms with E-state index in [2.05, 4.69) is 43.2 Å². The number of carbonyl (C=O) groups excluding carboxylic acids is 1. The van der Waals surface area contributed by atoms with Crippen LogP contribution >= 0.6 is 27.7 Å². The van der Waals surface area contributed by atoms with Crippen molar-refractivity contribution in [3.05, 3.63) is 80.8 Å². The lowest BCUT2D eigenvalue weighted by Gasteiger charge is -2.10. The fourth-order valence-corrected chi connectivity index (χ4v) is 3.83. The minimum atomic E-state index is -0.477. The monoisotopic (exact) mass is 528 g/mol. The van der Waals surface area contributed by atoms with Crippen LogP contribution in [0, 0.1) is 10.1 Å². The SMILES string of the molecule is C=C(C)Cn1c(SCC(=O)N/N=C(\C)c2cccc([N+](=O)[O-])c2)nnc1-c1ccc(Br)cc1. The van der Waals surface area contributed by atoms with Gasteiger partial charge in [0.25, 0.3) is 11.6 Å². The lowest BCUT2D eigenvalue weighted by molar-refractivity contribution is -0.384. The van der Waals surface area contributed by atoms with Crippen LogP contribution in [0.2, 0.25) is 0 Å². The summed E-state index contributed by atoms with van der Waals surface area (Å²) in [5.41, 5.74) is 5.29. The number of benzene rings is 2. The largest absolute Gasteiger partial charge is 0.298 e. The zero-order valence-corrected chi connectivity index (χ0v) is 20.4. The number of nitro groups is 1. The number of aromatic nitrogens is 3. The van der Waals surface area contributed by atoms with Gasteiger partial charge in [0, 0.05) is 34.3 Å². The van der Waals surface area contributed by atoms with Crippen LogP contribution in [0.1, 0.15) is 19.4 Å². The number of thioether (sulfide) groups is 1. The number of nitrogens with one attached hydrogen (secondary N) is 1. The van der Waals surface area contributed by atoms with Gasteiger partial charge >= 0.3 is 0 Å². The van der Waals surface area contributed by atoms with E-state index in [-0.39, 0.29) is 17.3 Å². The molecular weight excluding hydrogens is 508 g/mol. The van der Waals surface area contributed by atoms with E-state index in [1.54, 1.807) is 19.1 Å². The number of nitro benzene ring substituents is 1. The molecule has 0 saturated carbocycles. The van der Waals surface area contributed by atoms with E-state index >= 15 is 0 Å². The molecule has 11 heteroatoms. The number of nitrogens with zero attached hydrogens (tertiary/aromatic N) is 5. The summed E-state index contributed by atoms with van der Waals surface area (Å²) in [5, 5.41) is 24.1. The molecule has 0 unspecified atom stereocenters. The van der Waals surface area contributed by atoms with Crippen molar-refractivity contribution in [1.82, 2.24) is 20.2 Å². The summed E-state index contributed by atoms with van der Waals surface area (Å²) in [6.07, 6.45) is 0. The lowest BCUT2D eigenvalue weighted by atomic mass is 10.1. The Hall–Kier alpha value is -3.31. The molecule has 1 aromatic heterocycles. The molecule has 3 rings (SSSR count). The van der Waals surface area contributed by atoms with Gasteiger partial charge in [-0.25, -0.2) is 5.43 Å². The molecule has 0 bridgehead atoms. The topological polar surface area (TPSA) is 115 Å². The quantitative estimate of drug-likeness (QED) is 0.140. The number of halogens is 1. The van der Waals surface area contributed by atoms with Crippen molar-refractivity contribution in [3.63, 3.8) is 0 Å². The predicted molar refractivity (Wildman–Crippen MR) is 132 cm³/mol. The Balaban J connectivity index is 1.69. The highest BCUT2D eigenvalue weighted by atomic mass is 79.9. The van der Waals surface area contributed by atoms with Crippen molar-refractivity contribution in [1.29, 1.82) is 0 Å². The molecular formula is C22H21BrN6O3S. The summed E-state index contributed by atoms with van der Waals surface area (Å²) in [5.74, 6) is 0.424. The van der Waals surface area contributed by atoms with Crippen LogP contribution in [0.3, 0.4) is 0 Å². The highest BCUT2D eigenvalue weighted by molar-refractivity contribution is 9.10. The number of hydrazone groups is 1. The van der Waals surface area contributed by atoms with Crippen molar-refractivity contribution in [3.8, 4) is 11.4 Å². The van der Waals surface area contributed by atoms with Crippen LogP contribution in [0.5, 0.6) is 0 Å². The van der Waals surface area contributed by atoms with Crippen LogP contribution in [0.25, 0.3) is 11.4 Å². The number of allylic oxidation sites excluding steroid dienone is 1. The molecule has 0 saturated heterocycles. The maximum Gasteiger partial charge on any atom is 0.270 e. The van der Waals surface area contributed by atoms with Gasteiger partial charge in [0.1, 0.15) is 0 Å². The Bertz CT molecular complexity index is 1220. The van der Waals surface area contributed by atoms with E-state index < -0.39 is 4.92 Å². The van der Waals surface area contributed by atoms with Gasteiger partial charge in [-0.3, -0.25) is 19.5 Å². The summed E-state index contributed by atoms with van der Waals surface area (Å²) in [6.45, 7) is 8.08. The molecule has 9 nitrogen and oxygen atoms in total. The van der Waals surface area contributed by atoms with Gasteiger partial charge in [0.15, 0.2) is 11.0 Å². The van der Waals surface area contributed by atoms with E-state index in [9.17, 15) is 14.9 Å². The molecule has 1 N–H and O–H groups in total. The Morgan fingerprint density at radius 1 is 1.24 bits per heavy atom. The normalized spacial score (nSPS) is 11.3. The Morgan fingerprint density at radius 2 is 1.97 bits per heavy atom. The fraction of sp³-hybridized carbons (Fsp3) is 0.182. The van der Waals surface area contributed by atoms with E-state index in [1.807, 2.05) is 35.8 Å². The summed E-state index contributed by atoms with van der Waals surface area (Å²) in [7, 11) is 0. The van der Waals surface area contributed by atoms with Gasteiger partial charge in [0.2, 0.25) is 0 Å². The van der Waals surface area contributed by atoms with Crippen molar-refractivity contribution >= 4 is 45.0 Å². The number of carbonyl (C=O) groups is 1. The molecule has 2 aromatic carbocycles. The second-order valence-electron chi connectivity index (χ2n) is 7.18. The molecule has 0 aliphatic carbocycles. The van der Waals surface area contributed by atoms with Gasteiger partial charge < -0.3 is 0 Å². The van der Waals surface area contributed by atoms with Crippen molar-refractivity contribution in [2.24, 2.45) is 5.10 Å². The number of hydrogen-bond donors (Lipinski definition) is 1. The zero-order valence-electron chi connectivity index (χ0n) is 18.0. The smallest absolute Gasteiger partial charge is 0.270 e. The number of hydrogen-bond acceptors (Lipinski definition) is 7. The van der Waals surface area contributed by atoms with Gasteiger partial charge in [0.05, 0.1) is 16.4 Å². The first-order chi connectivity index (χ1) is 15.7. The number of amides is 1. The maximum atomic E-state index is 12.3. The third-order valence-corrected chi connectivity index (χ3v) is 5.90. The van der Waals surface area contributed by atoms with Crippen LogP contribution in [-0.4, -0.2) is 37.1 Å². The van der Waals surface area contributed by atoms with Gasteiger partial charge in [-0.2, -0.15) is 5.10 Å². The molecule has 33 heavy (non-hydrogen) atoms. The van der Waals surface area contributed by atoms with Crippen LogP contribution in [0.15, 0.2) is 75.4 Å². The maximum absolute atomic E-state index is 12.3. The minimum absolute atomic E-state index is 0.0395. The van der Waals surface area contributed by atoms with Crippen molar-refractivity contribution in [2.45, 2.75) is 25.5 Å². The molecule has 0 aliphatic rings. The highest BCUT2D eigenvalue weighted by Gasteiger charge is 2.16. The Morgan fingerprint density at radius 3 is 2.64 bits per heavy atom. The molecule has 1 amide bonds. The predicted octanol–water partition coefficient (Wildman–Crippen LogP) is 4.82. The van der Waals surface area contributed by atoms with Gasteiger partial charge in [-0.05, 0) is 26.0 Å². The first-order valence-corrected chi connectivity index (χ1v) is 11.6. The van der Waals surface area contributed by atoms with E-state index in [0.717, 1.165) is 15.6 Å². The van der Waals surface area contributed by atoms with Crippen molar-refractivity contribution < 1.29 is 9.72 Å². The van der Waals surface area contributed by atoms with Gasteiger partial charge in [-0.15, -0.1) is 10.2 Å². The summed E-state index contributed by atoms with van der Waals surface area (Å²) < 4.78 is 2.88. The highest BCUT2D eigenvalue weighted by Crippen LogP contribution is 2.26. The van der Waals surface area contributed by atoms with E-state index in [0.29, 0.717) is 28.8 Å². The lowest BCUT2D eigenvalue weighted by Crippen LogP contribution is -2.21. The summed E-state index contributed by atoms with van der Waals surface area (Å²) in [4.78, 5) is 22.8. The Kier molecular flexibility index (Phi) is 8.12. The fourth-order valence-electron chi connectivity index (χ4n) is 2.84. The van der Waals surface area contributed by atoms with E-state index in [1.165, 1.54) is 23.9 Å². The molecule has 0 aliphatic heterocycles. The van der Waals surface area contributed by atoms with Crippen LogP contribution < -0.4 is 5.43 Å². The zero-order chi connectivity index (χ0) is 24.0. The molecule has 0 fully saturated rings. The first kappa shape index (κ1) is 24.3. The molecule has 0 atom stereocenters. The number of rotatable bonds is 9. The molecule has 3 aromatic rings. The molecule has 1 heterocycles. The molecule has 170 valence electrons. The average molecular weight is 529 g/mol. The van der Waals surface area contributed by atoms with Crippen molar-refractivity contribution in [2.75, 3.05) is 5.75 Å². The molecule has 0 radical (unpaired) electrons. The Labute approximate surface area is 203 Å². The summed E-state index contributed by atoms with van der Waals surface area (Å²) >= 11 is 4.66. The minimum Gasteiger partial charge on any atom is -0.298 e. The molecule has 0 spiro atoms. The average Bonchev–Trinajstić information content (AvgIpc) is 3.18.